The van der Waals surface area contributed by atoms with Crippen molar-refractivity contribution < 1.29 is 9.47 Å². The number of nitrogens with one attached hydrogen (secondary N) is 1. The van der Waals surface area contributed by atoms with Gasteiger partial charge in [0.1, 0.15) is 5.75 Å². The fourth-order valence-corrected chi connectivity index (χ4v) is 4.06. The Bertz CT molecular complexity index is 605. The molecule has 28 heavy (non-hydrogen) atoms. The van der Waals surface area contributed by atoms with E-state index in [1.807, 2.05) is 7.05 Å². The van der Waals surface area contributed by atoms with E-state index >= 15 is 0 Å². The maximum atomic E-state index is 6.20. The van der Waals surface area contributed by atoms with Gasteiger partial charge in [0, 0.05) is 39.2 Å². The van der Waals surface area contributed by atoms with E-state index in [9.17, 15) is 0 Å². The summed E-state index contributed by atoms with van der Waals surface area (Å²) in [5.41, 5.74) is 1.23. The zero-order valence-electron chi connectivity index (χ0n) is 17.4. The first kappa shape index (κ1) is 23.3. The predicted octanol–water partition coefficient (Wildman–Crippen LogP) is 4.45. The summed E-state index contributed by atoms with van der Waals surface area (Å²) >= 11 is 0. The minimum atomic E-state index is 0. The van der Waals surface area contributed by atoms with Crippen molar-refractivity contribution in [3.63, 3.8) is 0 Å². The van der Waals surface area contributed by atoms with Crippen molar-refractivity contribution in [3.05, 3.63) is 29.8 Å². The van der Waals surface area contributed by atoms with Gasteiger partial charge >= 0.3 is 0 Å². The van der Waals surface area contributed by atoms with E-state index in [0.717, 1.165) is 44.6 Å². The Morgan fingerprint density at radius 2 is 2.04 bits per heavy atom. The van der Waals surface area contributed by atoms with Crippen LogP contribution >= 0.6 is 24.0 Å². The van der Waals surface area contributed by atoms with E-state index in [1.54, 1.807) is 0 Å². The summed E-state index contributed by atoms with van der Waals surface area (Å²) in [4.78, 5) is 6.81. The molecule has 1 aromatic rings. The molecule has 1 aliphatic heterocycles. The molecule has 2 fully saturated rings. The number of benzene rings is 1. The minimum Gasteiger partial charge on any atom is -0.490 e. The summed E-state index contributed by atoms with van der Waals surface area (Å²) in [5.74, 6) is 2.58. The monoisotopic (exact) mass is 501 g/mol. The van der Waals surface area contributed by atoms with E-state index in [-0.39, 0.29) is 24.0 Å². The molecule has 0 amide bonds. The lowest BCUT2D eigenvalue weighted by Crippen LogP contribution is -2.39. The van der Waals surface area contributed by atoms with Gasteiger partial charge < -0.3 is 19.7 Å². The summed E-state index contributed by atoms with van der Waals surface area (Å²) in [7, 11) is 1.86. The smallest absolute Gasteiger partial charge is 0.193 e. The summed E-state index contributed by atoms with van der Waals surface area (Å²) in [5, 5.41) is 3.51. The van der Waals surface area contributed by atoms with Crippen LogP contribution in [0.15, 0.2) is 29.3 Å². The van der Waals surface area contributed by atoms with Crippen LogP contribution in [0.5, 0.6) is 5.75 Å². The van der Waals surface area contributed by atoms with Crippen LogP contribution in [-0.2, 0) is 11.3 Å². The number of guanidine groups is 1. The number of aliphatic imine (C=N–C) groups is 1. The van der Waals surface area contributed by atoms with E-state index in [1.165, 1.54) is 44.1 Å². The fraction of sp³-hybridized carbons (Fsp3) is 0.682. The van der Waals surface area contributed by atoms with Crippen LogP contribution in [0.4, 0.5) is 0 Å². The van der Waals surface area contributed by atoms with Gasteiger partial charge in [-0.15, -0.1) is 24.0 Å². The number of rotatable bonds is 7. The SMILES string of the molecule is CCOCC1CCN(C(=NC)NCc2cccc(OC3CCCCC3)c2)C1.I. The van der Waals surface area contributed by atoms with E-state index in [4.69, 9.17) is 9.47 Å². The first-order valence-corrected chi connectivity index (χ1v) is 10.6. The molecule has 1 saturated carbocycles. The average molecular weight is 501 g/mol. The Balaban J connectivity index is 0.00000280. The maximum Gasteiger partial charge on any atom is 0.193 e. The molecule has 1 aromatic carbocycles. The molecule has 1 aliphatic carbocycles. The molecule has 1 N–H and O–H groups in total. The second-order valence-electron chi connectivity index (χ2n) is 7.69. The standard InChI is InChI=1S/C22H35N3O2.HI/c1-3-26-17-19-12-13-25(16-19)22(23-2)24-15-18-8-7-11-21(14-18)27-20-9-5-4-6-10-20;/h7-8,11,14,19-20H,3-6,9-10,12-13,15-17H2,1-2H3,(H,23,24);1H. The number of ether oxygens (including phenoxy) is 2. The number of likely N-dealkylation sites (tertiary alicyclic amines) is 1. The minimum absolute atomic E-state index is 0. The number of hydrogen-bond acceptors (Lipinski definition) is 3. The van der Waals surface area contributed by atoms with E-state index in [2.05, 4.69) is 46.4 Å². The van der Waals surface area contributed by atoms with Crippen molar-refractivity contribution in [2.24, 2.45) is 10.9 Å². The van der Waals surface area contributed by atoms with Crippen molar-refractivity contribution in [2.45, 2.75) is 58.1 Å². The topological polar surface area (TPSA) is 46.1 Å². The zero-order chi connectivity index (χ0) is 18.9. The van der Waals surface area contributed by atoms with Crippen molar-refractivity contribution >= 4 is 29.9 Å². The van der Waals surface area contributed by atoms with Crippen LogP contribution in [-0.4, -0.2) is 50.3 Å². The largest absolute Gasteiger partial charge is 0.490 e. The lowest BCUT2D eigenvalue weighted by molar-refractivity contribution is 0.114. The first-order chi connectivity index (χ1) is 13.3. The Hall–Kier alpha value is -1.02. The van der Waals surface area contributed by atoms with Crippen molar-refractivity contribution in [1.29, 1.82) is 0 Å². The Labute approximate surface area is 187 Å². The third-order valence-electron chi connectivity index (χ3n) is 5.56. The van der Waals surface area contributed by atoms with Gasteiger partial charge in [-0.25, -0.2) is 0 Å². The van der Waals surface area contributed by atoms with Crippen LogP contribution < -0.4 is 10.1 Å². The molecule has 0 spiro atoms. The van der Waals surface area contributed by atoms with Crippen molar-refractivity contribution in [3.8, 4) is 5.75 Å². The molecule has 1 unspecified atom stereocenters. The zero-order valence-corrected chi connectivity index (χ0v) is 19.7. The Morgan fingerprint density at radius 1 is 1.21 bits per heavy atom. The third-order valence-corrected chi connectivity index (χ3v) is 5.56. The molecule has 0 radical (unpaired) electrons. The van der Waals surface area contributed by atoms with Gasteiger partial charge in [-0.1, -0.05) is 18.6 Å². The lowest BCUT2D eigenvalue weighted by Gasteiger charge is -2.24. The Kier molecular flexibility index (Phi) is 10.4. The van der Waals surface area contributed by atoms with Gasteiger partial charge in [0.2, 0.25) is 0 Å². The van der Waals surface area contributed by atoms with Gasteiger partial charge in [0.15, 0.2) is 5.96 Å². The van der Waals surface area contributed by atoms with Crippen LogP contribution in [0.3, 0.4) is 0 Å². The number of halogens is 1. The van der Waals surface area contributed by atoms with Crippen LogP contribution in [0.1, 0.15) is 51.0 Å². The molecule has 1 saturated heterocycles. The lowest BCUT2D eigenvalue weighted by atomic mass is 9.98. The fourth-order valence-electron chi connectivity index (χ4n) is 4.06. The normalized spacial score (nSPS) is 20.7. The van der Waals surface area contributed by atoms with Gasteiger partial charge in [0.25, 0.3) is 0 Å². The molecule has 1 heterocycles. The quantitative estimate of drug-likeness (QED) is 0.341. The molecule has 1 atom stereocenters. The molecular weight excluding hydrogens is 465 g/mol. The third kappa shape index (κ3) is 7.10. The highest BCUT2D eigenvalue weighted by molar-refractivity contribution is 14.0. The highest BCUT2D eigenvalue weighted by atomic mass is 127. The average Bonchev–Trinajstić information content (AvgIpc) is 3.17. The van der Waals surface area contributed by atoms with Gasteiger partial charge in [-0.3, -0.25) is 4.99 Å². The van der Waals surface area contributed by atoms with E-state index in [0.29, 0.717) is 12.0 Å². The highest BCUT2D eigenvalue weighted by Crippen LogP contribution is 2.24. The summed E-state index contributed by atoms with van der Waals surface area (Å²) < 4.78 is 11.8. The van der Waals surface area contributed by atoms with Crippen LogP contribution in [0.2, 0.25) is 0 Å². The predicted molar refractivity (Wildman–Crippen MR) is 126 cm³/mol. The van der Waals surface area contributed by atoms with Crippen LogP contribution in [0.25, 0.3) is 0 Å². The highest BCUT2D eigenvalue weighted by Gasteiger charge is 2.24. The van der Waals surface area contributed by atoms with Crippen LogP contribution in [0, 0.1) is 5.92 Å². The molecule has 0 bridgehead atoms. The second-order valence-corrected chi connectivity index (χ2v) is 7.69. The molecule has 158 valence electrons. The molecule has 3 rings (SSSR count). The first-order valence-electron chi connectivity index (χ1n) is 10.6. The van der Waals surface area contributed by atoms with Gasteiger partial charge in [-0.05, 0) is 56.7 Å². The number of hydrogen-bond donors (Lipinski definition) is 1. The Morgan fingerprint density at radius 3 is 2.79 bits per heavy atom. The maximum absolute atomic E-state index is 6.20. The van der Waals surface area contributed by atoms with Gasteiger partial charge in [-0.2, -0.15) is 0 Å². The second kappa shape index (κ2) is 12.5. The van der Waals surface area contributed by atoms with E-state index < -0.39 is 0 Å². The summed E-state index contributed by atoms with van der Waals surface area (Å²) in [6.45, 7) is 6.53. The molecule has 6 heteroatoms. The molecule has 2 aliphatic rings. The number of nitrogens with zero attached hydrogens (tertiary/aromatic N) is 2. The molecule has 5 nitrogen and oxygen atoms in total. The summed E-state index contributed by atoms with van der Waals surface area (Å²) in [6, 6.07) is 8.48. The summed E-state index contributed by atoms with van der Waals surface area (Å²) in [6.07, 6.45) is 7.88. The van der Waals surface area contributed by atoms with Crippen molar-refractivity contribution in [2.75, 3.05) is 33.4 Å². The molecule has 0 aromatic heterocycles. The molecular formula is C22H36IN3O2. The van der Waals surface area contributed by atoms with Gasteiger partial charge in [0.05, 0.1) is 12.7 Å². The van der Waals surface area contributed by atoms with Crippen molar-refractivity contribution in [1.82, 2.24) is 10.2 Å².